The largest absolute Gasteiger partial charge is 0.393 e. The van der Waals surface area contributed by atoms with Crippen molar-refractivity contribution in [1.82, 2.24) is 14.8 Å². The van der Waals surface area contributed by atoms with Crippen LogP contribution in [0.1, 0.15) is 40.9 Å². The second-order valence-corrected chi connectivity index (χ2v) is 22.1. The second kappa shape index (κ2) is 22.8. The van der Waals surface area contributed by atoms with Crippen molar-refractivity contribution in [2.24, 2.45) is 7.05 Å². The highest BCUT2D eigenvalue weighted by Crippen LogP contribution is 2.43. The molecule has 0 radical (unpaired) electrons. The van der Waals surface area contributed by atoms with Crippen molar-refractivity contribution in [2.75, 3.05) is 77.3 Å². The number of aliphatic hydroxyl groups is 1. The highest BCUT2D eigenvalue weighted by atomic mass is 35.5. The molecule has 13 nitrogen and oxygen atoms in total. The number of hydrogen-bond donors (Lipinski definition) is 5. The topological polar surface area (TPSA) is 156 Å². The van der Waals surface area contributed by atoms with Crippen molar-refractivity contribution in [2.45, 2.75) is 55.0 Å². The van der Waals surface area contributed by atoms with Gasteiger partial charge in [0, 0.05) is 103 Å². The molecule has 1 amide bonds. The van der Waals surface area contributed by atoms with E-state index < -0.39 is 49.7 Å². The number of amides is 1. The lowest BCUT2D eigenvalue weighted by molar-refractivity contribution is 0.0817. The maximum absolute atomic E-state index is 17.0. The molecule has 376 valence electrons. The number of nitrogens with one attached hydrogen (secondary N) is 3. The Morgan fingerprint density at radius 1 is 0.859 bits per heavy atom. The summed E-state index contributed by atoms with van der Waals surface area (Å²) >= 11 is 7.96. The van der Waals surface area contributed by atoms with Crippen LogP contribution in [0.3, 0.4) is 0 Å². The third-order valence-corrected chi connectivity index (χ3v) is 16.5. The molecule has 71 heavy (non-hydrogen) atoms. The lowest BCUT2D eigenvalue weighted by atomic mass is 9.94. The number of halogens is 3. The number of piperidine rings is 1. The van der Waals surface area contributed by atoms with Gasteiger partial charge >= 0.3 is 0 Å². The second-order valence-electron chi connectivity index (χ2n) is 17.9. The Kier molecular flexibility index (Phi) is 16.6. The number of carbonyl (C=O) groups excluding carboxylic acids is 1. The standard InChI is InChI=1S/C52H58ClF2N7O6S3/c1-34-31-43(17-19-45(34)57-39(32-69-42-7-5-4-6-8-42)21-24-60-25-22-41(63)23-26-60)71(67,68)58-38-13-15-40(16-14-38)61-27-29-62(30-28-61)46-20-18-44(54)48(50(46)55)49-47(52(64)56-33-70(65)66)35(2)59(3)51(49)36-9-11-37(53)12-10-36/h4-20,31,39,41,57-58,63,70H,21-30,32-33H2,1-3H3,(H,56,64)/t39-/m1/s1. The number of carbonyl (C=O) groups is 1. The van der Waals surface area contributed by atoms with Gasteiger partial charge in [0.2, 0.25) is 0 Å². The molecule has 2 saturated heterocycles. The number of likely N-dealkylation sites (tertiary alicyclic amines) is 1. The van der Waals surface area contributed by atoms with Gasteiger partial charge in [0.1, 0.15) is 11.7 Å². The Labute approximate surface area is 425 Å². The van der Waals surface area contributed by atoms with E-state index in [9.17, 15) is 26.7 Å². The summed E-state index contributed by atoms with van der Waals surface area (Å²) in [6.45, 7) is 7.82. The fourth-order valence-corrected chi connectivity index (χ4v) is 11.8. The molecule has 2 aliphatic heterocycles. The van der Waals surface area contributed by atoms with Gasteiger partial charge in [0.05, 0.1) is 33.5 Å². The van der Waals surface area contributed by atoms with Crippen LogP contribution in [0.5, 0.6) is 0 Å². The third-order valence-electron chi connectivity index (χ3n) is 13.2. The fraction of sp³-hybridized carbons (Fsp3) is 0.327. The van der Waals surface area contributed by atoms with Crippen LogP contribution < -0.4 is 25.2 Å². The van der Waals surface area contributed by atoms with Crippen molar-refractivity contribution >= 4 is 72.7 Å². The number of thiol groups is 1. The van der Waals surface area contributed by atoms with Gasteiger partial charge in [0.15, 0.2) is 16.5 Å². The van der Waals surface area contributed by atoms with Crippen LogP contribution in [-0.2, 0) is 27.8 Å². The average Bonchev–Trinajstić information content (AvgIpc) is 3.61. The van der Waals surface area contributed by atoms with Gasteiger partial charge in [-0.25, -0.2) is 25.6 Å². The Bertz CT molecular complexity index is 3030. The predicted molar refractivity (Wildman–Crippen MR) is 282 cm³/mol. The van der Waals surface area contributed by atoms with Crippen molar-refractivity contribution < 1.29 is 35.5 Å². The minimum atomic E-state index is -3.94. The van der Waals surface area contributed by atoms with E-state index in [0.29, 0.717) is 53.8 Å². The average molecular weight is 1050 g/mol. The smallest absolute Gasteiger partial charge is 0.261 e. The number of aromatic nitrogens is 1. The van der Waals surface area contributed by atoms with E-state index in [2.05, 4.69) is 37.3 Å². The van der Waals surface area contributed by atoms with Crippen molar-refractivity contribution in [3.8, 4) is 22.4 Å². The van der Waals surface area contributed by atoms with Gasteiger partial charge in [-0.15, -0.1) is 11.8 Å². The quantitative estimate of drug-likeness (QED) is 0.0415. The highest BCUT2D eigenvalue weighted by molar-refractivity contribution is 7.99. The number of benzene rings is 5. The molecule has 0 spiro atoms. The molecule has 0 saturated carbocycles. The first-order valence-corrected chi connectivity index (χ1v) is 27.7. The molecule has 2 fully saturated rings. The Balaban J connectivity index is 0.933. The predicted octanol–water partition coefficient (Wildman–Crippen LogP) is 8.75. The first kappa shape index (κ1) is 51.7. The minimum Gasteiger partial charge on any atom is -0.393 e. The van der Waals surface area contributed by atoms with Crippen LogP contribution in [0.25, 0.3) is 22.4 Å². The summed E-state index contributed by atoms with van der Waals surface area (Å²) in [5, 5.41) is 16.5. The first-order valence-electron chi connectivity index (χ1n) is 23.5. The van der Waals surface area contributed by atoms with Crippen molar-refractivity contribution in [3.63, 3.8) is 0 Å². The van der Waals surface area contributed by atoms with Crippen LogP contribution in [0.4, 0.5) is 31.5 Å². The number of rotatable bonds is 18. The number of anilines is 4. The summed E-state index contributed by atoms with van der Waals surface area (Å²) < 4.78 is 87.8. The molecule has 1 atom stereocenters. The molecular weight excluding hydrogens is 988 g/mol. The lowest BCUT2D eigenvalue weighted by Crippen LogP contribution is -2.46. The monoisotopic (exact) mass is 1050 g/mol. The molecular formula is C52H58ClF2N7O6S3. The zero-order valence-corrected chi connectivity index (χ0v) is 43.0. The van der Waals surface area contributed by atoms with E-state index in [0.717, 1.165) is 61.6 Å². The van der Waals surface area contributed by atoms with Crippen molar-refractivity contribution in [3.05, 3.63) is 143 Å². The number of aliphatic hydroxyl groups excluding tert-OH is 1. The molecule has 0 bridgehead atoms. The Hall–Kier alpha value is -5.63. The highest BCUT2D eigenvalue weighted by Gasteiger charge is 2.32. The summed E-state index contributed by atoms with van der Waals surface area (Å²) in [7, 11) is -5.24. The zero-order valence-electron chi connectivity index (χ0n) is 39.7. The number of aryl methyl sites for hydroxylation is 1. The third kappa shape index (κ3) is 12.4. The maximum atomic E-state index is 17.0. The van der Waals surface area contributed by atoms with Crippen LogP contribution in [0.15, 0.2) is 119 Å². The number of piperazine rings is 1. The van der Waals surface area contributed by atoms with Crippen molar-refractivity contribution in [1.29, 1.82) is 0 Å². The fourth-order valence-electron chi connectivity index (χ4n) is 9.25. The molecule has 19 heteroatoms. The molecule has 1 aromatic heterocycles. The Morgan fingerprint density at radius 3 is 2.20 bits per heavy atom. The number of thioether (sulfide) groups is 1. The minimum absolute atomic E-state index is 0.0124. The molecule has 0 unspecified atom stereocenters. The first-order chi connectivity index (χ1) is 34.1. The molecule has 2 aliphatic rings. The molecule has 4 N–H and O–H groups in total. The molecule has 8 rings (SSSR count). The number of hydrogen-bond acceptors (Lipinski definition) is 11. The van der Waals surface area contributed by atoms with E-state index in [1.807, 2.05) is 48.2 Å². The molecule has 0 aliphatic carbocycles. The summed E-state index contributed by atoms with van der Waals surface area (Å²) in [6, 6.07) is 31.7. The van der Waals surface area contributed by atoms with E-state index in [1.165, 1.54) is 17.0 Å². The molecule has 3 heterocycles. The van der Waals surface area contributed by atoms with Crippen LogP contribution >= 0.6 is 23.4 Å². The normalized spacial score (nSPS) is 15.3. The van der Waals surface area contributed by atoms with E-state index >= 15 is 8.78 Å². The van der Waals surface area contributed by atoms with Crippen LogP contribution in [0, 0.1) is 25.5 Å². The van der Waals surface area contributed by atoms with Crippen LogP contribution in [-0.4, -0.2) is 107 Å². The van der Waals surface area contributed by atoms with E-state index in [1.54, 1.807) is 78.8 Å². The summed E-state index contributed by atoms with van der Waals surface area (Å²) in [6.07, 6.45) is 2.23. The lowest BCUT2D eigenvalue weighted by Gasteiger charge is -2.37. The Morgan fingerprint density at radius 2 is 1.54 bits per heavy atom. The van der Waals surface area contributed by atoms with Gasteiger partial charge in [-0.05, 0) is 123 Å². The van der Waals surface area contributed by atoms with Gasteiger partial charge in [-0.3, -0.25) is 9.52 Å². The van der Waals surface area contributed by atoms with Gasteiger partial charge < -0.3 is 35.0 Å². The van der Waals surface area contributed by atoms with Crippen LogP contribution in [0.2, 0.25) is 5.02 Å². The zero-order chi connectivity index (χ0) is 50.4. The number of sulfonamides is 1. The summed E-state index contributed by atoms with van der Waals surface area (Å²) in [5.74, 6) is -2.37. The summed E-state index contributed by atoms with van der Waals surface area (Å²) in [4.78, 5) is 21.2. The van der Waals surface area contributed by atoms with Gasteiger partial charge in [-0.1, -0.05) is 41.9 Å². The van der Waals surface area contributed by atoms with E-state index in [-0.39, 0.29) is 33.9 Å². The molecule has 5 aromatic carbocycles. The number of nitrogens with zero attached hydrogens (tertiary/aromatic N) is 4. The van der Waals surface area contributed by atoms with E-state index in [4.69, 9.17) is 11.6 Å². The van der Waals surface area contributed by atoms with Gasteiger partial charge in [-0.2, -0.15) is 0 Å². The molecule has 6 aromatic rings. The maximum Gasteiger partial charge on any atom is 0.261 e. The summed E-state index contributed by atoms with van der Waals surface area (Å²) in [5.41, 5.74) is 3.81. The van der Waals surface area contributed by atoms with Gasteiger partial charge in [0.25, 0.3) is 15.9 Å². The SMILES string of the molecule is Cc1cc(S(=O)(=O)Nc2ccc(N3CCN(c4ccc(F)c(-c5c(C(=O)NC[SH](=O)=O)c(C)n(C)c5-c5ccc(Cl)cc5)c4F)CC3)cc2)ccc1N[C@H](CCN1CCC(O)CC1)CSc1ccccc1.